The Morgan fingerprint density at radius 3 is 3.00 bits per heavy atom. The van der Waals surface area contributed by atoms with Crippen molar-refractivity contribution in [3.8, 4) is 6.07 Å². The smallest absolute Gasteiger partial charge is 0.289 e. The standard InChI is InChI=1S/C11H11N3O2S/c12-6-8-1-2-9(5-11(8)14(15)16)13-10-3-4-17-7-10/h1-2,5,10,13H,3-4,7H2. The third kappa shape index (κ3) is 2.68. The molecule has 1 unspecified atom stereocenters. The predicted molar refractivity (Wildman–Crippen MR) is 67.2 cm³/mol. The highest BCUT2D eigenvalue weighted by Crippen LogP contribution is 2.26. The van der Waals surface area contributed by atoms with Crippen LogP contribution in [0.5, 0.6) is 0 Å². The lowest BCUT2D eigenvalue weighted by Crippen LogP contribution is -2.18. The first-order valence-electron chi connectivity index (χ1n) is 5.23. The van der Waals surface area contributed by atoms with Gasteiger partial charge in [0.1, 0.15) is 11.6 Å². The minimum atomic E-state index is -0.521. The Kier molecular flexibility index (Phi) is 3.49. The molecular formula is C11H11N3O2S. The molecule has 0 aromatic heterocycles. The van der Waals surface area contributed by atoms with Crippen LogP contribution in [-0.2, 0) is 0 Å². The first-order chi connectivity index (χ1) is 8.20. The minimum Gasteiger partial charge on any atom is -0.381 e. The number of hydrogen-bond acceptors (Lipinski definition) is 5. The van der Waals surface area contributed by atoms with E-state index in [1.165, 1.54) is 12.1 Å². The summed E-state index contributed by atoms with van der Waals surface area (Å²) in [6, 6.07) is 6.83. The first kappa shape index (κ1) is 11.7. The van der Waals surface area contributed by atoms with Gasteiger partial charge in [0.25, 0.3) is 5.69 Å². The van der Waals surface area contributed by atoms with Gasteiger partial charge in [-0.05, 0) is 24.3 Å². The van der Waals surface area contributed by atoms with Crippen LogP contribution < -0.4 is 5.32 Å². The number of thioether (sulfide) groups is 1. The van der Waals surface area contributed by atoms with E-state index >= 15 is 0 Å². The second-order valence-electron chi connectivity index (χ2n) is 3.81. The number of rotatable bonds is 3. The van der Waals surface area contributed by atoms with Crippen molar-refractivity contribution in [2.45, 2.75) is 12.5 Å². The maximum Gasteiger partial charge on any atom is 0.289 e. The number of nitrogens with one attached hydrogen (secondary N) is 1. The van der Waals surface area contributed by atoms with Gasteiger partial charge in [-0.3, -0.25) is 10.1 Å². The highest BCUT2D eigenvalue weighted by molar-refractivity contribution is 7.99. The second-order valence-corrected chi connectivity index (χ2v) is 4.96. The third-order valence-electron chi connectivity index (χ3n) is 2.62. The van der Waals surface area contributed by atoms with Crippen molar-refractivity contribution in [2.24, 2.45) is 0 Å². The lowest BCUT2D eigenvalue weighted by Gasteiger charge is -2.12. The molecule has 17 heavy (non-hydrogen) atoms. The first-order valence-corrected chi connectivity index (χ1v) is 6.39. The van der Waals surface area contributed by atoms with Crippen molar-refractivity contribution in [1.82, 2.24) is 0 Å². The molecule has 1 saturated heterocycles. The van der Waals surface area contributed by atoms with E-state index in [2.05, 4.69) is 5.32 Å². The molecule has 88 valence electrons. The van der Waals surface area contributed by atoms with E-state index in [1.807, 2.05) is 17.8 Å². The van der Waals surface area contributed by atoms with Crippen molar-refractivity contribution < 1.29 is 4.92 Å². The quantitative estimate of drug-likeness (QED) is 0.657. The Balaban J connectivity index is 2.21. The summed E-state index contributed by atoms with van der Waals surface area (Å²) in [7, 11) is 0. The highest BCUT2D eigenvalue weighted by atomic mass is 32.2. The number of anilines is 1. The third-order valence-corrected chi connectivity index (χ3v) is 3.78. The number of benzene rings is 1. The van der Waals surface area contributed by atoms with Crippen molar-refractivity contribution >= 4 is 23.1 Å². The number of nitrogens with zero attached hydrogens (tertiary/aromatic N) is 2. The molecule has 0 aliphatic carbocycles. The van der Waals surface area contributed by atoms with Crippen LogP contribution >= 0.6 is 11.8 Å². The largest absolute Gasteiger partial charge is 0.381 e. The Morgan fingerprint density at radius 1 is 1.59 bits per heavy atom. The molecule has 0 amide bonds. The zero-order valence-corrected chi connectivity index (χ0v) is 9.87. The number of nitro groups is 1. The Bertz CT molecular complexity index is 478. The van der Waals surface area contributed by atoms with Gasteiger partial charge in [0.15, 0.2) is 0 Å². The molecule has 1 aromatic rings. The maximum atomic E-state index is 10.8. The van der Waals surface area contributed by atoms with E-state index in [9.17, 15) is 10.1 Å². The van der Waals surface area contributed by atoms with Crippen LogP contribution in [0.3, 0.4) is 0 Å². The monoisotopic (exact) mass is 249 g/mol. The van der Waals surface area contributed by atoms with E-state index in [4.69, 9.17) is 5.26 Å². The summed E-state index contributed by atoms with van der Waals surface area (Å²) in [4.78, 5) is 10.3. The molecule has 0 bridgehead atoms. The summed E-state index contributed by atoms with van der Waals surface area (Å²) < 4.78 is 0. The fourth-order valence-electron chi connectivity index (χ4n) is 1.75. The molecular weight excluding hydrogens is 238 g/mol. The molecule has 1 aliphatic rings. The molecule has 5 nitrogen and oxygen atoms in total. The summed E-state index contributed by atoms with van der Waals surface area (Å²) in [6.07, 6.45) is 1.07. The van der Waals surface area contributed by atoms with Crippen molar-refractivity contribution in [2.75, 3.05) is 16.8 Å². The van der Waals surface area contributed by atoms with Crippen LogP contribution in [-0.4, -0.2) is 22.5 Å². The molecule has 0 spiro atoms. The van der Waals surface area contributed by atoms with Crippen LogP contribution in [0.15, 0.2) is 18.2 Å². The maximum absolute atomic E-state index is 10.8. The van der Waals surface area contributed by atoms with Gasteiger partial charge in [-0.2, -0.15) is 17.0 Å². The van der Waals surface area contributed by atoms with Gasteiger partial charge in [0.05, 0.1) is 4.92 Å². The Morgan fingerprint density at radius 2 is 2.41 bits per heavy atom. The summed E-state index contributed by atoms with van der Waals surface area (Å²) in [6.45, 7) is 0. The fraction of sp³-hybridized carbons (Fsp3) is 0.364. The molecule has 1 aliphatic heterocycles. The Hall–Kier alpha value is -1.74. The van der Waals surface area contributed by atoms with Crippen LogP contribution in [0.25, 0.3) is 0 Å². The summed E-state index contributed by atoms with van der Waals surface area (Å²) in [5.74, 6) is 2.14. The molecule has 1 heterocycles. The lowest BCUT2D eigenvalue weighted by atomic mass is 10.1. The van der Waals surface area contributed by atoms with Crippen molar-refractivity contribution in [3.63, 3.8) is 0 Å². The molecule has 0 radical (unpaired) electrons. The zero-order valence-electron chi connectivity index (χ0n) is 9.05. The van der Waals surface area contributed by atoms with Gasteiger partial charge in [0.2, 0.25) is 0 Å². The van der Waals surface area contributed by atoms with E-state index in [-0.39, 0.29) is 11.3 Å². The molecule has 6 heteroatoms. The van der Waals surface area contributed by atoms with Gasteiger partial charge in [-0.15, -0.1) is 0 Å². The van der Waals surface area contributed by atoms with Crippen LogP contribution in [0.2, 0.25) is 0 Å². The van der Waals surface area contributed by atoms with Gasteiger partial charge in [-0.1, -0.05) is 0 Å². The fourth-order valence-corrected chi connectivity index (χ4v) is 2.90. The minimum absolute atomic E-state index is 0.0985. The van der Waals surface area contributed by atoms with Crippen LogP contribution in [0.1, 0.15) is 12.0 Å². The van der Waals surface area contributed by atoms with Crippen LogP contribution in [0.4, 0.5) is 11.4 Å². The number of nitriles is 1. The van der Waals surface area contributed by atoms with Crippen LogP contribution in [0, 0.1) is 21.4 Å². The molecule has 2 rings (SSSR count). The van der Waals surface area contributed by atoms with Gasteiger partial charge < -0.3 is 5.32 Å². The molecule has 1 N–H and O–H groups in total. The van der Waals surface area contributed by atoms with Gasteiger partial charge >= 0.3 is 0 Å². The molecule has 1 fully saturated rings. The van der Waals surface area contributed by atoms with Gasteiger partial charge in [-0.25, -0.2) is 0 Å². The highest BCUT2D eigenvalue weighted by Gasteiger charge is 2.18. The lowest BCUT2D eigenvalue weighted by molar-refractivity contribution is -0.385. The SMILES string of the molecule is N#Cc1ccc(NC2CCSC2)cc1[N+](=O)[O-]. The van der Waals surface area contributed by atoms with Crippen molar-refractivity contribution in [1.29, 1.82) is 5.26 Å². The average Bonchev–Trinajstić information content (AvgIpc) is 2.81. The van der Waals surface area contributed by atoms with Gasteiger partial charge in [0, 0.05) is 23.5 Å². The molecule has 0 saturated carbocycles. The summed E-state index contributed by atoms with van der Waals surface area (Å²) in [5, 5.41) is 22.8. The van der Waals surface area contributed by atoms with Crippen molar-refractivity contribution in [3.05, 3.63) is 33.9 Å². The van der Waals surface area contributed by atoms with E-state index in [0.717, 1.165) is 17.9 Å². The Labute approximate surface area is 103 Å². The van der Waals surface area contributed by atoms with E-state index < -0.39 is 4.92 Å². The summed E-state index contributed by atoms with van der Waals surface area (Å²) in [5.41, 5.74) is 0.674. The predicted octanol–water partition coefficient (Wildman–Crippen LogP) is 2.38. The second kappa shape index (κ2) is 5.06. The number of nitro benzene ring substituents is 1. The number of hydrogen-bond donors (Lipinski definition) is 1. The van der Waals surface area contributed by atoms with E-state index in [0.29, 0.717) is 11.7 Å². The molecule has 1 aromatic carbocycles. The molecule has 1 atom stereocenters. The summed E-state index contributed by atoms with van der Waals surface area (Å²) >= 11 is 1.87. The zero-order chi connectivity index (χ0) is 12.3. The van der Waals surface area contributed by atoms with E-state index in [1.54, 1.807) is 6.07 Å². The topological polar surface area (TPSA) is 79.0 Å². The average molecular weight is 249 g/mol. The normalized spacial score (nSPS) is 18.6.